The zero-order chi connectivity index (χ0) is 11.8. The van der Waals surface area contributed by atoms with Crippen LogP contribution in [-0.4, -0.2) is 13.0 Å². The third kappa shape index (κ3) is 1.83. The van der Waals surface area contributed by atoms with Gasteiger partial charge in [0.2, 0.25) is 0 Å². The fourth-order valence-corrected chi connectivity index (χ4v) is 3.05. The quantitative estimate of drug-likeness (QED) is 0.821. The van der Waals surface area contributed by atoms with Gasteiger partial charge in [0, 0.05) is 5.39 Å². The van der Waals surface area contributed by atoms with Crippen LogP contribution in [0.4, 0.5) is 0 Å². The highest BCUT2D eigenvalue weighted by molar-refractivity contribution is 8.05. The topological polar surface area (TPSA) is 34.1 Å². The lowest BCUT2D eigenvalue weighted by Gasteiger charge is -2.09. The Morgan fingerprint density at radius 3 is 2.38 bits per heavy atom. The molecule has 0 aliphatic rings. The van der Waals surface area contributed by atoms with Crippen LogP contribution in [0.5, 0.6) is 0 Å². The van der Waals surface area contributed by atoms with Crippen LogP contribution in [0.1, 0.15) is 6.92 Å². The summed E-state index contributed by atoms with van der Waals surface area (Å²) in [6, 6.07) is 12.7. The number of hydrogen-bond donors (Lipinski definition) is 0. The molecule has 0 heterocycles. The molecule has 2 nitrogen and oxygen atoms in total. The van der Waals surface area contributed by atoms with Gasteiger partial charge in [-0.1, -0.05) is 49.0 Å². The molecule has 0 bridgehead atoms. The predicted octanol–water partition coefficient (Wildman–Crippen LogP) is 3.16. The lowest BCUT2D eigenvalue weighted by molar-refractivity contribution is 0.596. The SMILES string of the molecule is CC([S])S(=O)(=O)c1cccc2ccccc12. The molecular weight excluding hydrogens is 240 g/mol. The van der Waals surface area contributed by atoms with Gasteiger partial charge in [-0.05, 0) is 18.4 Å². The molecule has 16 heavy (non-hydrogen) atoms. The summed E-state index contributed by atoms with van der Waals surface area (Å²) in [5.41, 5.74) is 0. The van der Waals surface area contributed by atoms with Crippen molar-refractivity contribution < 1.29 is 8.42 Å². The van der Waals surface area contributed by atoms with Crippen molar-refractivity contribution in [2.24, 2.45) is 0 Å². The van der Waals surface area contributed by atoms with Crippen molar-refractivity contribution >= 4 is 33.2 Å². The first-order valence-electron chi connectivity index (χ1n) is 4.91. The van der Waals surface area contributed by atoms with E-state index >= 15 is 0 Å². The van der Waals surface area contributed by atoms with Crippen molar-refractivity contribution in [2.45, 2.75) is 16.4 Å². The Bertz CT molecular complexity index is 610. The van der Waals surface area contributed by atoms with Gasteiger partial charge in [-0.25, -0.2) is 8.42 Å². The van der Waals surface area contributed by atoms with E-state index in [-0.39, 0.29) is 0 Å². The number of benzene rings is 2. The lowest BCUT2D eigenvalue weighted by Crippen LogP contribution is -2.12. The highest BCUT2D eigenvalue weighted by atomic mass is 32.2. The van der Waals surface area contributed by atoms with Crippen LogP contribution in [0.3, 0.4) is 0 Å². The molecule has 0 saturated carbocycles. The fourth-order valence-electron chi connectivity index (χ4n) is 1.62. The molecule has 0 aliphatic carbocycles. The molecule has 1 unspecified atom stereocenters. The van der Waals surface area contributed by atoms with E-state index in [1.165, 1.54) is 6.92 Å². The molecule has 0 aromatic heterocycles. The number of sulfone groups is 1. The monoisotopic (exact) mass is 251 g/mol. The smallest absolute Gasteiger partial charge is 0.191 e. The molecular formula is C12H11O2S2. The average Bonchev–Trinajstić information content (AvgIpc) is 2.28. The second-order valence-corrected chi connectivity index (χ2v) is 6.83. The van der Waals surface area contributed by atoms with Crippen molar-refractivity contribution in [3.63, 3.8) is 0 Å². The van der Waals surface area contributed by atoms with Crippen LogP contribution in [0.25, 0.3) is 10.8 Å². The minimum Gasteiger partial charge on any atom is -0.222 e. The van der Waals surface area contributed by atoms with E-state index < -0.39 is 14.4 Å². The van der Waals surface area contributed by atoms with Gasteiger partial charge in [0.25, 0.3) is 0 Å². The first-order chi connectivity index (χ1) is 7.53. The standard InChI is InChI=1S/C12H11O2S2/c1-9(15)16(13,14)12-8-4-6-10-5-2-3-7-11(10)12/h2-9H,1H3. The summed E-state index contributed by atoms with van der Waals surface area (Å²) in [5.74, 6) is 0. The molecule has 83 valence electrons. The highest BCUT2D eigenvalue weighted by Crippen LogP contribution is 2.26. The first kappa shape index (κ1) is 11.5. The Morgan fingerprint density at radius 2 is 1.69 bits per heavy atom. The van der Waals surface area contributed by atoms with Crippen LogP contribution in [-0.2, 0) is 9.84 Å². The van der Waals surface area contributed by atoms with Crippen molar-refractivity contribution in [1.82, 2.24) is 0 Å². The highest BCUT2D eigenvalue weighted by Gasteiger charge is 2.22. The molecule has 0 aliphatic heterocycles. The van der Waals surface area contributed by atoms with Gasteiger partial charge in [-0.15, -0.1) is 0 Å². The molecule has 0 fully saturated rings. The van der Waals surface area contributed by atoms with E-state index in [0.29, 0.717) is 4.90 Å². The average molecular weight is 251 g/mol. The van der Waals surface area contributed by atoms with Crippen molar-refractivity contribution in [3.05, 3.63) is 42.5 Å². The molecule has 0 amide bonds. The first-order valence-corrected chi connectivity index (χ1v) is 6.93. The summed E-state index contributed by atoms with van der Waals surface area (Å²) in [5, 5.41) is 1.65. The van der Waals surface area contributed by atoms with Crippen LogP contribution in [0.2, 0.25) is 0 Å². The largest absolute Gasteiger partial charge is 0.222 e. The van der Waals surface area contributed by atoms with Gasteiger partial charge in [-0.3, -0.25) is 0 Å². The Morgan fingerprint density at radius 1 is 1.06 bits per heavy atom. The summed E-state index contributed by atoms with van der Waals surface area (Å²) in [7, 11) is -3.39. The maximum absolute atomic E-state index is 12.0. The van der Waals surface area contributed by atoms with Crippen molar-refractivity contribution in [1.29, 1.82) is 0 Å². The summed E-state index contributed by atoms with van der Waals surface area (Å²) >= 11 is 4.87. The normalized spacial score (nSPS) is 13.9. The number of fused-ring (bicyclic) bond motifs is 1. The van der Waals surface area contributed by atoms with E-state index in [1.807, 2.05) is 24.3 Å². The number of hydrogen-bond acceptors (Lipinski definition) is 2. The molecule has 1 radical (unpaired) electrons. The Balaban J connectivity index is 2.80. The summed E-state index contributed by atoms with van der Waals surface area (Å²) in [4.78, 5) is 0.327. The Labute approximate surface area is 101 Å². The molecule has 1 atom stereocenters. The van der Waals surface area contributed by atoms with Gasteiger partial charge in [-0.2, -0.15) is 0 Å². The maximum atomic E-state index is 12.0. The van der Waals surface area contributed by atoms with Gasteiger partial charge >= 0.3 is 0 Å². The van der Waals surface area contributed by atoms with Crippen molar-refractivity contribution in [3.8, 4) is 0 Å². The Kier molecular flexibility index (Phi) is 2.95. The molecule has 4 heteroatoms. The zero-order valence-corrected chi connectivity index (χ0v) is 10.4. The molecule has 2 aromatic rings. The zero-order valence-electron chi connectivity index (χ0n) is 8.75. The van der Waals surface area contributed by atoms with Gasteiger partial charge < -0.3 is 0 Å². The second-order valence-electron chi connectivity index (χ2n) is 3.59. The van der Waals surface area contributed by atoms with Gasteiger partial charge in [0.15, 0.2) is 9.84 Å². The van der Waals surface area contributed by atoms with Crippen LogP contribution in [0.15, 0.2) is 47.4 Å². The molecule has 2 aromatic carbocycles. The van der Waals surface area contributed by atoms with E-state index in [4.69, 9.17) is 12.6 Å². The maximum Gasteiger partial charge on any atom is 0.191 e. The molecule has 0 saturated heterocycles. The summed E-state index contributed by atoms with van der Waals surface area (Å²) in [6.07, 6.45) is 0. The number of rotatable bonds is 2. The minimum atomic E-state index is -3.39. The third-order valence-corrected chi connectivity index (χ3v) is 5.10. The lowest BCUT2D eigenvalue weighted by atomic mass is 10.1. The molecule has 2 rings (SSSR count). The van der Waals surface area contributed by atoms with E-state index in [2.05, 4.69) is 0 Å². The summed E-state index contributed by atoms with van der Waals surface area (Å²) < 4.78 is 23.3. The molecule has 0 N–H and O–H groups in total. The Hall–Kier alpha value is -1.00. The van der Waals surface area contributed by atoms with Crippen LogP contribution < -0.4 is 0 Å². The van der Waals surface area contributed by atoms with E-state index in [1.54, 1.807) is 18.2 Å². The van der Waals surface area contributed by atoms with Crippen LogP contribution >= 0.6 is 12.6 Å². The van der Waals surface area contributed by atoms with Gasteiger partial charge in [0.05, 0.1) is 4.90 Å². The predicted molar refractivity (Wildman–Crippen MR) is 68.2 cm³/mol. The molecule has 0 spiro atoms. The minimum absolute atomic E-state index is 0.327. The van der Waals surface area contributed by atoms with E-state index in [9.17, 15) is 8.42 Å². The summed E-state index contributed by atoms with van der Waals surface area (Å²) in [6.45, 7) is 1.52. The van der Waals surface area contributed by atoms with Crippen LogP contribution in [0, 0.1) is 0 Å². The third-order valence-electron chi connectivity index (χ3n) is 2.49. The van der Waals surface area contributed by atoms with Crippen molar-refractivity contribution in [2.75, 3.05) is 0 Å². The van der Waals surface area contributed by atoms with Gasteiger partial charge in [0.1, 0.15) is 4.58 Å². The second kappa shape index (κ2) is 4.11. The fraction of sp³-hybridized carbons (Fsp3) is 0.167. The van der Waals surface area contributed by atoms with E-state index in [0.717, 1.165) is 10.8 Å².